The van der Waals surface area contributed by atoms with Crippen molar-refractivity contribution in [2.24, 2.45) is 5.92 Å². The van der Waals surface area contributed by atoms with Crippen LogP contribution in [0.3, 0.4) is 0 Å². The first-order valence-corrected chi connectivity index (χ1v) is 12.2. The fourth-order valence-corrected chi connectivity index (χ4v) is 4.93. The van der Waals surface area contributed by atoms with Crippen molar-refractivity contribution in [3.8, 4) is 5.75 Å². The third-order valence-electron chi connectivity index (χ3n) is 5.08. The van der Waals surface area contributed by atoms with Gasteiger partial charge >= 0.3 is 0 Å². The van der Waals surface area contributed by atoms with Gasteiger partial charge in [0.2, 0.25) is 15.9 Å². The van der Waals surface area contributed by atoms with Gasteiger partial charge in [0.05, 0.1) is 26.1 Å². The second-order valence-corrected chi connectivity index (χ2v) is 9.68. The van der Waals surface area contributed by atoms with Crippen LogP contribution in [0.5, 0.6) is 5.75 Å². The molecular weight excluding hydrogens is 450 g/mol. The minimum atomic E-state index is -3.86. The molecule has 1 aromatic carbocycles. The molecule has 0 bridgehead atoms. The van der Waals surface area contributed by atoms with Crippen molar-refractivity contribution in [3.05, 3.63) is 42.4 Å². The normalized spacial score (nSPS) is 15.8. The molecule has 2 heterocycles. The Hall–Kier alpha value is -2.89. The van der Waals surface area contributed by atoms with E-state index >= 15 is 0 Å². The first kappa shape index (κ1) is 24.7. The number of nitrogens with one attached hydrogen (secondary N) is 2. The Balaban J connectivity index is 1.84. The summed E-state index contributed by atoms with van der Waals surface area (Å²) in [6, 6.07) is 6.66. The zero-order valence-electron chi connectivity index (χ0n) is 18.9. The lowest BCUT2D eigenvalue weighted by Gasteiger charge is -2.27. The van der Waals surface area contributed by atoms with Crippen molar-refractivity contribution >= 4 is 27.5 Å². The highest BCUT2D eigenvalue weighted by Gasteiger charge is 2.31. The molecule has 10 nitrogen and oxygen atoms in total. The molecule has 2 amide bonds. The number of sulfonamides is 1. The summed E-state index contributed by atoms with van der Waals surface area (Å²) in [5, 5.41) is 5.37. The van der Waals surface area contributed by atoms with Crippen LogP contribution in [0, 0.1) is 5.92 Å². The number of amides is 2. The van der Waals surface area contributed by atoms with Gasteiger partial charge in [0.15, 0.2) is 5.76 Å². The number of furan rings is 1. The summed E-state index contributed by atoms with van der Waals surface area (Å²) in [5.41, 5.74) is 0.271. The topological polar surface area (TPSA) is 127 Å². The smallest absolute Gasteiger partial charge is 0.287 e. The van der Waals surface area contributed by atoms with Crippen LogP contribution in [-0.4, -0.2) is 63.5 Å². The van der Waals surface area contributed by atoms with Gasteiger partial charge in [-0.05, 0) is 43.2 Å². The van der Waals surface area contributed by atoms with E-state index < -0.39 is 27.9 Å². The van der Waals surface area contributed by atoms with Crippen molar-refractivity contribution in [2.45, 2.75) is 31.7 Å². The third kappa shape index (κ3) is 5.92. The quantitative estimate of drug-likeness (QED) is 0.564. The molecule has 33 heavy (non-hydrogen) atoms. The number of carbonyl (C=O) groups is 2. The number of benzene rings is 1. The molecule has 0 aliphatic carbocycles. The monoisotopic (exact) mass is 479 g/mol. The van der Waals surface area contributed by atoms with Crippen LogP contribution in [-0.2, 0) is 19.6 Å². The maximum absolute atomic E-state index is 13.3. The molecule has 1 saturated heterocycles. The number of nitrogens with zero attached hydrogens (tertiary/aromatic N) is 1. The van der Waals surface area contributed by atoms with Crippen LogP contribution in [0.25, 0.3) is 0 Å². The molecular formula is C22H29N3O7S. The fraction of sp³-hybridized carbons (Fsp3) is 0.455. The van der Waals surface area contributed by atoms with Crippen molar-refractivity contribution in [2.75, 3.05) is 38.2 Å². The summed E-state index contributed by atoms with van der Waals surface area (Å²) in [6.45, 7) is 6.72. The summed E-state index contributed by atoms with van der Waals surface area (Å²) in [6.07, 6.45) is 1.37. The van der Waals surface area contributed by atoms with Gasteiger partial charge in [0.1, 0.15) is 16.7 Å². The second kappa shape index (κ2) is 10.8. The Bertz CT molecular complexity index is 1060. The van der Waals surface area contributed by atoms with Gasteiger partial charge in [-0.3, -0.25) is 9.59 Å². The lowest BCUT2D eigenvalue weighted by atomic mass is 10.0. The second-order valence-electron chi connectivity index (χ2n) is 7.77. The van der Waals surface area contributed by atoms with Crippen LogP contribution in [0.4, 0.5) is 5.69 Å². The fourth-order valence-electron chi connectivity index (χ4n) is 3.36. The first-order chi connectivity index (χ1) is 15.7. The Morgan fingerprint density at radius 2 is 1.91 bits per heavy atom. The van der Waals surface area contributed by atoms with E-state index in [2.05, 4.69) is 10.6 Å². The molecule has 1 aliphatic rings. The minimum absolute atomic E-state index is 0.0373. The van der Waals surface area contributed by atoms with Crippen LogP contribution in [0.2, 0.25) is 0 Å². The average molecular weight is 480 g/mol. The van der Waals surface area contributed by atoms with Crippen LogP contribution in [0.15, 0.2) is 45.9 Å². The molecule has 0 saturated carbocycles. The summed E-state index contributed by atoms with van der Waals surface area (Å²) >= 11 is 0. The van der Waals surface area contributed by atoms with Crippen LogP contribution in [0.1, 0.15) is 31.3 Å². The van der Waals surface area contributed by atoms with Crippen molar-refractivity contribution in [1.82, 2.24) is 9.62 Å². The molecule has 1 fully saturated rings. The number of rotatable bonds is 9. The third-order valence-corrected chi connectivity index (χ3v) is 7.00. The summed E-state index contributed by atoms with van der Waals surface area (Å²) in [7, 11) is -3.86. The van der Waals surface area contributed by atoms with E-state index in [-0.39, 0.29) is 47.7 Å². The maximum atomic E-state index is 13.3. The number of hydrogen-bond acceptors (Lipinski definition) is 7. The molecule has 11 heteroatoms. The van der Waals surface area contributed by atoms with Crippen LogP contribution < -0.4 is 15.4 Å². The van der Waals surface area contributed by atoms with E-state index in [0.717, 1.165) is 0 Å². The van der Waals surface area contributed by atoms with E-state index in [1.165, 1.54) is 28.8 Å². The highest BCUT2D eigenvalue weighted by molar-refractivity contribution is 7.89. The molecule has 1 aliphatic heterocycles. The summed E-state index contributed by atoms with van der Waals surface area (Å²) in [5.74, 6) is -0.940. The van der Waals surface area contributed by atoms with Gasteiger partial charge in [0, 0.05) is 18.8 Å². The van der Waals surface area contributed by atoms with E-state index in [1.54, 1.807) is 32.9 Å². The van der Waals surface area contributed by atoms with E-state index in [4.69, 9.17) is 13.9 Å². The highest BCUT2D eigenvalue weighted by Crippen LogP contribution is 2.30. The minimum Gasteiger partial charge on any atom is -0.492 e. The number of ether oxygens (including phenoxy) is 2. The van der Waals surface area contributed by atoms with Gasteiger partial charge in [-0.1, -0.05) is 13.8 Å². The molecule has 180 valence electrons. The van der Waals surface area contributed by atoms with Gasteiger partial charge in [-0.25, -0.2) is 8.42 Å². The number of hydrogen-bond donors (Lipinski definition) is 2. The van der Waals surface area contributed by atoms with E-state index in [1.807, 2.05) is 0 Å². The van der Waals surface area contributed by atoms with E-state index in [0.29, 0.717) is 13.2 Å². The Morgan fingerprint density at radius 1 is 1.18 bits per heavy atom. The van der Waals surface area contributed by atoms with Crippen molar-refractivity contribution in [1.29, 1.82) is 0 Å². The number of carbonyl (C=O) groups excluding carboxylic acids is 2. The Kier molecular flexibility index (Phi) is 8.11. The molecule has 1 atom stereocenters. The van der Waals surface area contributed by atoms with Gasteiger partial charge in [-0.15, -0.1) is 0 Å². The lowest BCUT2D eigenvalue weighted by molar-refractivity contribution is -0.118. The van der Waals surface area contributed by atoms with Crippen molar-refractivity contribution < 1.29 is 31.9 Å². The standard InChI is InChI=1S/C22H29N3O7S/c1-4-31-17-8-7-16(14-19(17)33(28,29)25-9-12-30-13-10-25)23-22(27)20(15(2)3)24-21(26)18-6-5-11-32-18/h5-8,11,14-15,20H,4,9-10,12-13H2,1-3H3,(H,23,27)(H,24,26)/t20-/m0/s1. The maximum Gasteiger partial charge on any atom is 0.287 e. The summed E-state index contributed by atoms with van der Waals surface area (Å²) in [4.78, 5) is 25.3. The predicted octanol–water partition coefficient (Wildman–Crippen LogP) is 2.09. The predicted molar refractivity (Wildman–Crippen MR) is 121 cm³/mol. The summed E-state index contributed by atoms with van der Waals surface area (Å²) < 4.78 is 43.7. The number of anilines is 1. The van der Waals surface area contributed by atoms with Gasteiger partial charge in [0.25, 0.3) is 5.91 Å². The molecule has 0 radical (unpaired) electrons. The molecule has 0 unspecified atom stereocenters. The molecule has 3 rings (SSSR count). The molecule has 2 aromatic rings. The molecule has 2 N–H and O–H groups in total. The highest BCUT2D eigenvalue weighted by atomic mass is 32.2. The van der Waals surface area contributed by atoms with Crippen molar-refractivity contribution in [3.63, 3.8) is 0 Å². The lowest BCUT2D eigenvalue weighted by Crippen LogP contribution is -2.47. The van der Waals surface area contributed by atoms with Gasteiger partial charge in [-0.2, -0.15) is 4.31 Å². The Morgan fingerprint density at radius 3 is 2.52 bits per heavy atom. The average Bonchev–Trinajstić information content (AvgIpc) is 3.34. The molecule has 0 spiro atoms. The van der Waals surface area contributed by atoms with Gasteiger partial charge < -0.3 is 24.5 Å². The first-order valence-electron chi connectivity index (χ1n) is 10.7. The largest absolute Gasteiger partial charge is 0.492 e. The van der Waals surface area contributed by atoms with E-state index in [9.17, 15) is 18.0 Å². The zero-order valence-corrected chi connectivity index (χ0v) is 19.7. The van der Waals surface area contributed by atoms with Crippen LogP contribution >= 0.6 is 0 Å². The zero-order chi connectivity index (χ0) is 24.0. The Labute approximate surface area is 193 Å². The number of morpholine rings is 1. The molecule has 1 aromatic heterocycles. The SMILES string of the molecule is CCOc1ccc(NC(=O)[C@@H](NC(=O)c2ccco2)C(C)C)cc1S(=O)(=O)N1CCOCC1.